The molecule has 2 N–H and O–H groups in total. The second-order valence-corrected chi connectivity index (χ2v) is 4.62. The van der Waals surface area contributed by atoms with E-state index in [0.717, 1.165) is 17.9 Å². The highest BCUT2D eigenvalue weighted by Crippen LogP contribution is 2.17. The molecule has 0 fully saturated rings. The van der Waals surface area contributed by atoms with Crippen LogP contribution in [0.1, 0.15) is 12.0 Å². The van der Waals surface area contributed by atoms with Gasteiger partial charge in [-0.3, -0.25) is 0 Å². The first-order chi connectivity index (χ1) is 8.29. The second-order valence-electron chi connectivity index (χ2n) is 3.39. The van der Waals surface area contributed by atoms with E-state index in [0.29, 0.717) is 12.2 Å². The molecule has 0 aliphatic heterocycles. The Kier molecular flexibility index (Phi) is 6.45. The largest absolute Gasteiger partial charge is 0.396 e. The highest BCUT2D eigenvalue weighted by Gasteiger charge is 2.06. The third-order valence-electron chi connectivity index (χ3n) is 2.13. The van der Waals surface area contributed by atoms with Crippen LogP contribution in [0.15, 0.2) is 18.2 Å². The fraction of sp³-hybridized carbons (Fsp3) is 0.417. The first-order valence-corrected chi connectivity index (χ1v) is 6.56. The molecule has 92 valence electrons. The number of aliphatic hydroxyl groups is 1. The molecule has 0 aliphatic carbocycles. The first-order valence-electron chi connectivity index (χ1n) is 5.40. The Bertz CT molecular complexity index is 393. The molecule has 1 aromatic carbocycles. The Labute approximate surface area is 105 Å². The van der Waals surface area contributed by atoms with Gasteiger partial charge in [-0.25, -0.2) is 4.39 Å². The van der Waals surface area contributed by atoms with E-state index in [9.17, 15) is 4.39 Å². The minimum atomic E-state index is -0.495. The summed E-state index contributed by atoms with van der Waals surface area (Å²) >= 11 is 1.72. The predicted octanol–water partition coefficient (Wildman–Crippen LogP) is 2.22. The molecular weight excluding hydrogens is 239 g/mol. The first kappa shape index (κ1) is 13.8. The van der Waals surface area contributed by atoms with Crippen molar-refractivity contribution < 1.29 is 9.50 Å². The van der Waals surface area contributed by atoms with Crippen LogP contribution in [0.2, 0.25) is 0 Å². The maximum absolute atomic E-state index is 13.2. The van der Waals surface area contributed by atoms with Crippen molar-refractivity contribution in [2.75, 3.05) is 30.0 Å². The summed E-state index contributed by atoms with van der Waals surface area (Å²) in [6.07, 6.45) is 0.786. The lowest BCUT2D eigenvalue weighted by molar-refractivity contribution is 0.296. The van der Waals surface area contributed by atoms with Crippen LogP contribution < -0.4 is 5.32 Å². The number of benzene rings is 1. The Hall–Kier alpha value is -1.25. The van der Waals surface area contributed by atoms with E-state index in [1.807, 2.05) is 6.07 Å². The molecule has 5 heteroatoms. The van der Waals surface area contributed by atoms with E-state index in [4.69, 9.17) is 10.4 Å². The summed E-state index contributed by atoms with van der Waals surface area (Å²) in [4.78, 5) is 0. The van der Waals surface area contributed by atoms with Gasteiger partial charge in [0.25, 0.3) is 0 Å². The summed E-state index contributed by atoms with van der Waals surface area (Å²) < 4.78 is 13.2. The fourth-order valence-corrected chi connectivity index (χ4v) is 2.10. The Morgan fingerprint density at radius 3 is 2.94 bits per heavy atom. The van der Waals surface area contributed by atoms with Gasteiger partial charge in [-0.05, 0) is 24.3 Å². The molecule has 0 spiro atoms. The van der Waals surface area contributed by atoms with Crippen molar-refractivity contribution in [2.45, 2.75) is 6.42 Å². The van der Waals surface area contributed by atoms with Crippen LogP contribution >= 0.6 is 11.8 Å². The Morgan fingerprint density at radius 1 is 1.41 bits per heavy atom. The van der Waals surface area contributed by atoms with Crippen LogP contribution in [-0.4, -0.2) is 29.8 Å². The summed E-state index contributed by atoms with van der Waals surface area (Å²) in [6, 6.07) is 6.40. The molecule has 17 heavy (non-hydrogen) atoms. The summed E-state index contributed by atoms with van der Waals surface area (Å²) in [6.45, 7) is 0.886. The molecule has 0 atom stereocenters. The molecule has 0 aliphatic rings. The highest BCUT2D eigenvalue weighted by atomic mass is 32.2. The average Bonchev–Trinajstić information content (AvgIpc) is 2.34. The van der Waals surface area contributed by atoms with Crippen LogP contribution in [0, 0.1) is 17.1 Å². The maximum atomic E-state index is 13.2. The quantitative estimate of drug-likeness (QED) is 0.733. The topological polar surface area (TPSA) is 56.0 Å². The Balaban J connectivity index is 2.37. The third-order valence-corrected chi connectivity index (χ3v) is 3.20. The zero-order chi connectivity index (χ0) is 12.5. The number of hydrogen-bond acceptors (Lipinski definition) is 4. The van der Waals surface area contributed by atoms with Gasteiger partial charge in [0, 0.05) is 18.9 Å². The lowest BCUT2D eigenvalue weighted by atomic mass is 10.2. The normalized spacial score (nSPS) is 9.94. The highest BCUT2D eigenvalue weighted by molar-refractivity contribution is 7.99. The number of anilines is 1. The summed E-state index contributed by atoms with van der Waals surface area (Å²) in [7, 11) is 0. The third kappa shape index (κ3) is 4.63. The SMILES string of the molecule is N#Cc1c(F)cccc1NCCSCCCO. The van der Waals surface area contributed by atoms with Gasteiger partial charge < -0.3 is 10.4 Å². The van der Waals surface area contributed by atoms with Gasteiger partial charge in [0.15, 0.2) is 0 Å². The molecule has 0 radical (unpaired) electrons. The number of rotatable bonds is 7. The number of halogens is 1. The number of thioether (sulfide) groups is 1. The van der Waals surface area contributed by atoms with Crippen LogP contribution in [-0.2, 0) is 0 Å². The minimum absolute atomic E-state index is 0.0628. The van der Waals surface area contributed by atoms with Gasteiger partial charge in [0.2, 0.25) is 0 Å². The van der Waals surface area contributed by atoms with Gasteiger partial charge in [-0.2, -0.15) is 17.0 Å². The molecular formula is C12H15FN2OS. The summed E-state index contributed by atoms with van der Waals surface area (Å²) in [5.41, 5.74) is 0.600. The van der Waals surface area contributed by atoms with Crippen molar-refractivity contribution in [1.29, 1.82) is 5.26 Å². The van der Waals surface area contributed by atoms with Crippen LogP contribution in [0.5, 0.6) is 0 Å². The molecule has 1 rings (SSSR count). The van der Waals surface area contributed by atoms with Gasteiger partial charge >= 0.3 is 0 Å². The van der Waals surface area contributed by atoms with Gasteiger partial charge in [0.1, 0.15) is 17.4 Å². The average molecular weight is 254 g/mol. The lowest BCUT2D eigenvalue weighted by Crippen LogP contribution is -2.07. The Morgan fingerprint density at radius 2 is 2.24 bits per heavy atom. The van der Waals surface area contributed by atoms with Gasteiger partial charge in [-0.15, -0.1) is 0 Å². The van der Waals surface area contributed by atoms with E-state index < -0.39 is 5.82 Å². The lowest BCUT2D eigenvalue weighted by Gasteiger charge is -2.08. The standard InChI is InChI=1S/C12H15FN2OS/c13-11-3-1-4-12(10(11)9-14)15-5-8-17-7-2-6-16/h1,3-4,15-16H,2,5-8H2. The molecule has 0 aromatic heterocycles. The number of nitrogens with one attached hydrogen (secondary N) is 1. The van der Waals surface area contributed by atoms with Crippen molar-refractivity contribution in [2.24, 2.45) is 0 Å². The predicted molar refractivity (Wildman–Crippen MR) is 68.6 cm³/mol. The second kappa shape index (κ2) is 7.93. The number of nitriles is 1. The molecule has 0 saturated carbocycles. The van der Waals surface area contributed by atoms with E-state index in [2.05, 4.69) is 5.32 Å². The van der Waals surface area contributed by atoms with Crippen molar-refractivity contribution in [3.8, 4) is 6.07 Å². The van der Waals surface area contributed by atoms with Crippen molar-refractivity contribution in [3.63, 3.8) is 0 Å². The van der Waals surface area contributed by atoms with E-state index in [1.54, 1.807) is 23.9 Å². The molecule has 0 saturated heterocycles. The van der Waals surface area contributed by atoms with E-state index in [-0.39, 0.29) is 12.2 Å². The van der Waals surface area contributed by atoms with E-state index >= 15 is 0 Å². The molecule has 1 aromatic rings. The van der Waals surface area contributed by atoms with Gasteiger partial charge in [0.05, 0.1) is 5.69 Å². The summed E-state index contributed by atoms with van der Waals surface area (Å²) in [5, 5.41) is 20.4. The number of hydrogen-bond donors (Lipinski definition) is 2. The van der Waals surface area contributed by atoms with Crippen LogP contribution in [0.3, 0.4) is 0 Å². The van der Waals surface area contributed by atoms with E-state index in [1.165, 1.54) is 6.07 Å². The number of aliphatic hydroxyl groups excluding tert-OH is 1. The monoisotopic (exact) mass is 254 g/mol. The van der Waals surface area contributed by atoms with Crippen LogP contribution in [0.4, 0.5) is 10.1 Å². The summed E-state index contributed by atoms with van der Waals surface area (Å²) in [5.74, 6) is 1.28. The molecule has 0 heterocycles. The fourth-order valence-electron chi connectivity index (χ4n) is 1.31. The molecule has 0 unspecified atom stereocenters. The van der Waals surface area contributed by atoms with Crippen molar-refractivity contribution in [3.05, 3.63) is 29.6 Å². The smallest absolute Gasteiger partial charge is 0.143 e. The molecule has 0 amide bonds. The maximum Gasteiger partial charge on any atom is 0.143 e. The van der Waals surface area contributed by atoms with Gasteiger partial charge in [-0.1, -0.05) is 6.07 Å². The van der Waals surface area contributed by atoms with Crippen LogP contribution in [0.25, 0.3) is 0 Å². The van der Waals surface area contributed by atoms with Crippen molar-refractivity contribution >= 4 is 17.4 Å². The minimum Gasteiger partial charge on any atom is -0.396 e. The van der Waals surface area contributed by atoms with Crippen molar-refractivity contribution in [1.82, 2.24) is 0 Å². The number of nitrogens with zero attached hydrogens (tertiary/aromatic N) is 1. The molecule has 3 nitrogen and oxygen atoms in total. The molecule has 0 bridgehead atoms. The zero-order valence-electron chi connectivity index (χ0n) is 9.45. The zero-order valence-corrected chi connectivity index (χ0v) is 10.3.